The molecule has 152 valence electrons. The molecule has 2 saturated heterocycles. The highest BCUT2D eigenvalue weighted by Gasteiger charge is 2.22. The number of nitrogens with zero attached hydrogens (tertiary/aromatic N) is 4. The molecular formula is C23H28N4O2. The van der Waals surface area contributed by atoms with E-state index in [-0.39, 0.29) is 5.91 Å². The molecular weight excluding hydrogens is 364 g/mol. The number of carbonyl (C=O) groups excluding carboxylic acids is 1. The zero-order valence-corrected chi connectivity index (χ0v) is 16.7. The van der Waals surface area contributed by atoms with Crippen molar-refractivity contribution in [3.8, 4) is 0 Å². The number of pyridine rings is 1. The predicted molar refractivity (Wildman–Crippen MR) is 115 cm³/mol. The van der Waals surface area contributed by atoms with Crippen molar-refractivity contribution in [2.75, 3.05) is 63.9 Å². The van der Waals surface area contributed by atoms with Crippen LogP contribution in [0.4, 0.5) is 5.82 Å². The lowest BCUT2D eigenvalue weighted by atomic mass is 10.2. The zero-order chi connectivity index (χ0) is 19.9. The molecule has 1 aromatic heterocycles. The molecule has 6 heteroatoms. The van der Waals surface area contributed by atoms with Gasteiger partial charge in [-0.2, -0.15) is 0 Å². The molecule has 0 N–H and O–H groups in total. The highest BCUT2D eigenvalue weighted by molar-refractivity contribution is 5.94. The standard InChI is InChI=1S/C23H28N4O2/c28-23(21-8-9-22(24-19-21)26-15-17-29-18-16-26)27-13-11-25(12-14-27)10-4-7-20-5-2-1-3-6-20/h1-9,19H,10-18H2/b7-4+. The van der Waals surface area contributed by atoms with Crippen molar-refractivity contribution < 1.29 is 9.53 Å². The lowest BCUT2D eigenvalue weighted by Crippen LogP contribution is -2.48. The van der Waals surface area contributed by atoms with E-state index >= 15 is 0 Å². The second kappa shape index (κ2) is 9.67. The quantitative estimate of drug-likeness (QED) is 0.782. The topological polar surface area (TPSA) is 48.9 Å². The van der Waals surface area contributed by atoms with Gasteiger partial charge >= 0.3 is 0 Å². The summed E-state index contributed by atoms with van der Waals surface area (Å²) in [5, 5.41) is 0. The van der Waals surface area contributed by atoms with Crippen molar-refractivity contribution >= 4 is 17.8 Å². The van der Waals surface area contributed by atoms with Crippen LogP contribution in [0, 0.1) is 0 Å². The number of aromatic nitrogens is 1. The van der Waals surface area contributed by atoms with Gasteiger partial charge < -0.3 is 14.5 Å². The lowest BCUT2D eigenvalue weighted by molar-refractivity contribution is 0.0650. The zero-order valence-electron chi connectivity index (χ0n) is 16.7. The molecule has 0 saturated carbocycles. The van der Waals surface area contributed by atoms with Crippen molar-refractivity contribution in [3.63, 3.8) is 0 Å². The molecule has 3 heterocycles. The third-order valence-electron chi connectivity index (χ3n) is 5.46. The summed E-state index contributed by atoms with van der Waals surface area (Å²) in [6, 6.07) is 14.2. The molecule has 2 aliphatic rings. The van der Waals surface area contributed by atoms with Crippen LogP contribution >= 0.6 is 0 Å². The maximum Gasteiger partial charge on any atom is 0.255 e. The first-order valence-electron chi connectivity index (χ1n) is 10.3. The van der Waals surface area contributed by atoms with Crippen LogP contribution in [0.5, 0.6) is 0 Å². The first-order chi connectivity index (χ1) is 14.3. The van der Waals surface area contributed by atoms with Crippen LogP contribution in [0.25, 0.3) is 6.08 Å². The van der Waals surface area contributed by atoms with Gasteiger partial charge in [-0.15, -0.1) is 0 Å². The summed E-state index contributed by atoms with van der Waals surface area (Å²) in [4.78, 5) is 23.8. The number of amides is 1. The van der Waals surface area contributed by atoms with E-state index < -0.39 is 0 Å². The second-order valence-corrected chi connectivity index (χ2v) is 7.41. The van der Waals surface area contributed by atoms with E-state index in [0.717, 1.165) is 64.8 Å². The molecule has 2 aromatic rings. The van der Waals surface area contributed by atoms with Gasteiger partial charge in [0.2, 0.25) is 0 Å². The highest BCUT2D eigenvalue weighted by atomic mass is 16.5. The van der Waals surface area contributed by atoms with Crippen LogP contribution in [0.3, 0.4) is 0 Å². The Morgan fingerprint density at radius 2 is 1.72 bits per heavy atom. The number of rotatable bonds is 5. The first-order valence-corrected chi connectivity index (χ1v) is 10.3. The molecule has 0 radical (unpaired) electrons. The highest BCUT2D eigenvalue weighted by Crippen LogP contribution is 2.15. The van der Waals surface area contributed by atoms with Gasteiger partial charge in [0, 0.05) is 52.0 Å². The Hall–Kier alpha value is -2.70. The van der Waals surface area contributed by atoms with Crippen LogP contribution in [0.2, 0.25) is 0 Å². The van der Waals surface area contributed by atoms with Gasteiger partial charge in [-0.25, -0.2) is 4.98 Å². The minimum absolute atomic E-state index is 0.0745. The summed E-state index contributed by atoms with van der Waals surface area (Å²) < 4.78 is 5.38. The van der Waals surface area contributed by atoms with Crippen LogP contribution in [-0.4, -0.2) is 79.7 Å². The largest absolute Gasteiger partial charge is 0.378 e. The van der Waals surface area contributed by atoms with Crippen LogP contribution in [-0.2, 0) is 4.74 Å². The first kappa shape index (κ1) is 19.6. The molecule has 0 spiro atoms. The van der Waals surface area contributed by atoms with E-state index in [1.807, 2.05) is 35.2 Å². The molecule has 0 unspecified atom stereocenters. The number of hydrogen-bond acceptors (Lipinski definition) is 5. The molecule has 1 aromatic carbocycles. The van der Waals surface area contributed by atoms with Gasteiger partial charge in [0.1, 0.15) is 5.82 Å². The lowest BCUT2D eigenvalue weighted by Gasteiger charge is -2.34. The predicted octanol–water partition coefficient (Wildman–Crippen LogP) is 2.39. The smallest absolute Gasteiger partial charge is 0.255 e. The fraction of sp³-hybridized carbons (Fsp3) is 0.391. The minimum atomic E-state index is 0.0745. The average Bonchev–Trinajstić information content (AvgIpc) is 2.80. The van der Waals surface area contributed by atoms with Crippen molar-refractivity contribution in [3.05, 3.63) is 65.9 Å². The molecule has 2 aliphatic heterocycles. The third-order valence-corrected chi connectivity index (χ3v) is 5.46. The van der Waals surface area contributed by atoms with Crippen LogP contribution < -0.4 is 4.90 Å². The van der Waals surface area contributed by atoms with Gasteiger partial charge in [0.05, 0.1) is 18.8 Å². The maximum absolute atomic E-state index is 12.8. The Kier molecular flexibility index (Phi) is 6.54. The summed E-state index contributed by atoms with van der Waals surface area (Å²) in [5.74, 6) is 0.991. The van der Waals surface area contributed by atoms with Crippen molar-refractivity contribution in [1.29, 1.82) is 0 Å². The average molecular weight is 393 g/mol. The third kappa shape index (κ3) is 5.22. The van der Waals surface area contributed by atoms with Gasteiger partial charge in [0.25, 0.3) is 5.91 Å². The number of anilines is 1. The van der Waals surface area contributed by atoms with E-state index in [2.05, 4.69) is 39.1 Å². The van der Waals surface area contributed by atoms with Gasteiger partial charge in [-0.3, -0.25) is 9.69 Å². The SMILES string of the molecule is O=C(c1ccc(N2CCOCC2)nc1)N1CCN(C/C=C/c2ccccc2)CC1. The molecule has 6 nitrogen and oxygen atoms in total. The molecule has 29 heavy (non-hydrogen) atoms. The summed E-state index contributed by atoms with van der Waals surface area (Å²) in [7, 11) is 0. The molecule has 0 bridgehead atoms. The van der Waals surface area contributed by atoms with E-state index in [1.54, 1.807) is 6.20 Å². The molecule has 0 aliphatic carbocycles. The molecule has 1 amide bonds. The second-order valence-electron chi connectivity index (χ2n) is 7.41. The van der Waals surface area contributed by atoms with Gasteiger partial charge in [-0.1, -0.05) is 42.5 Å². The molecule has 0 atom stereocenters. The Morgan fingerprint density at radius 3 is 2.41 bits per heavy atom. The number of hydrogen-bond donors (Lipinski definition) is 0. The normalized spacial score (nSPS) is 18.3. The Balaban J connectivity index is 1.26. The number of benzene rings is 1. The van der Waals surface area contributed by atoms with Gasteiger partial charge in [-0.05, 0) is 17.7 Å². The fourth-order valence-corrected chi connectivity index (χ4v) is 3.71. The number of carbonyl (C=O) groups is 1. The minimum Gasteiger partial charge on any atom is -0.378 e. The Morgan fingerprint density at radius 1 is 0.966 bits per heavy atom. The maximum atomic E-state index is 12.8. The monoisotopic (exact) mass is 392 g/mol. The van der Waals surface area contributed by atoms with Gasteiger partial charge in [0.15, 0.2) is 0 Å². The number of morpholine rings is 1. The Labute approximate surface area is 172 Å². The fourth-order valence-electron chi connectivity index (χ4n) is 3.71. The van der Waals surface area contributed by atoms with E-state index in [1.165, 1.54) is 5.56 Å². The van der Waals surface area contributed by atoms with E-state index in [4.69, 9.17) is 4.74 Å². The van der Waals surface area contributed by atoms with Crippen molar-refractivity contribution in [2.45, 2.75) is 0 Å². The van der Waals surface area contributed by atoms with Crippen LogP contribution in [0.15, 0.2) is 54.7 Å². The van der Waals surface area contributed by atoms with Crippen molar-refractivity contribution in [2.24, 2.45) is 0 Å². The van der Waals surface area contributed by atoms with E-state index in [0.29, 0.717) is 5.56 Å². The molecule has 4 rings (SSSR count). The summed E-state index contributed by atoms with van der Waals surface area (Å²) in [5.41, 5.74) is 1.88. The summed E-state index contributed by atoms with van der Waals surface area (Å²) in [6.45, 7) is 7.36. The Bertz CT molecular complexity index is 809. The summed E-state index contributed by atoms with van der Waals surface area (Å²) in [6.07, 6.45) is 6.06. The van der Waals surface area contributed by atoms with Crippen LogP contribution in [0.1, 0.15) is 15.9 Å². The molecule has 2 fully saturated rings. The number of ether oxygens (including phenoxy) is 1. The number of piperazine rings is 1. The van der Waals surface area contributed by atoms with Crippen molar-refractivity contribution in [1.82, 2.24) is 14.8 Å². The van der Waals surface area contributed by atoms with E-state index in [9.17, 15) is 4.79 Å². The summed E-state index contributed by atoms with van der Waals surface area (Å²) >= 11 is 0.